The quantitative estimate of drug-likeness (QED) is 0.201. The second kappa shape index (κ2) is 17.4. The number of hydrogen-bond donors (Lipinski definition) is 3. The van der Waals surface area contributed by atoms with Crippen LogP contribution in [0.5, 0.6) is 11.5 Å². The Hall–Kier alpha value is -4.44. The fourth-order valence-electron chi connectivity index (χ4n) is 8.99. The number of allylic oxidation sites excluding steroid dienone is 1. The number of methoxy groups -OCH3 is 1. The fourth-order valence-corrected chi connectivity index (χ4v) is 10.3. The number of carbonyl (C=O) groups excluding carboxylic acids is 4. The lowest BCUT2D eigenvalue weighted by Crippen LogP contribution is -2.70. The Morgan fingerprint density at radius 1 is 1.07 bits per heavy atom. The van der Waals surface area contributed by atoms with Crippen LogP contribution in [0.25, 0.3) is 10.9 Å². The molecule has 3 N–H and O–H groups in total. The lowest BCUT2D eigenvalue weighted by atomic mass is 9.65. The number of nitrogens with one attached hydrogen (secondary N) is 3. The summed E-state index contributed by atoms with van der Waals surface area (Å²) in [4.78, 5) is 63.7. The average Bonchev–Trinajstić information content (AvgIpc) is 3.87. The highest BCUT2D eigenvalue weighted by Gasteiger charge is 2.59. The number of rotatable bonds is 10. The van der Waals surface area contributed by atoms with Crippen molar-refractivity contribution < 1.29 is 46.5 Å². The molecule has 5 atom stereocenters. The van der Waals surface area contributed by atoms with Crippen molar-refractivity contribution in [2.45, 2.75) is 146 Å². The normalized spacial score (nSPS) is 28.1. The first-order valence-corrected chi connectivity index (χ1v) is 23.4. The van der Waals surface area contributed by atoms with E-state index in [1.807, 2.05) is 58.0 Å². The third-order valence-corrected chi connectivity index (χ3v) is 15.3. The van der Waals surface area contributed by atoms with Gasteiger partial charge in [-0.3, -0.25) is 19.1 Å². The first kappa shape index (κ1) is 44.6. The maximum atomic E-state index is 14.9. The summed E-state index contributed by atoms with van der Waals surface area (Å²) in [5.74, 6) is -0.982. The zero-order valence-corrected chi connectivity index (χ0v) is 37.3. The highest BCUT2D eigenvalue weighted by atomic mass is 32.2. The molecule has 0 radical (unpaired) electrons. The first-order chi connectivity index (χ1) is 28.9. The highest BCUT2D eigenvalue weighted by molar-refractivity contribution is 7.91. The zero-order valence-electron chi connectivity index (χ0n) is 36.5. The molecular weight excluding hydrogens is 803 g/mol. The van der Waals surface area contributed by atoms with Crippen LogP contribution >= 0.6 is 0 Å². The molecule has 0 unspecified atom stereocenters. The van der Waals surface area contributed by atoms with Crippen molar-refractivity contribution in [3.05, 3.63) is 41.6 Å². The molecule has 61 heavy (non-hydrogen) atoms. The minimum atomic E-state index is -4.02. The Balaban J connectivity index is 1.22. The van der Waals surface area contributed by atoms with E-state index in [1.165, 1.54) is 4.90 Å². The molecule has 2 aliphatic carbocycles. The molecule has 3 aliphatic heterocycles. The van der Waals surface area contributed by atoms with Crippen LogP contribution in [0.1, 0.15) is 116 Å². The summed E-state index contributed by atoms with van der Waals surface area (Å²) < 4.78 is 51.8. The summed E-state index contributed by atoms with van der Waals surface area (Å²) in [5.41, 5.74) is -0.437. The number of sulfonamides is 1. The molecule has 0 bridgehead atoms. The third-order valence-electron chi connectivity index (χ3n) is 13.1. The van der Waals surface area contributed by atoms with Crippen molar-refractivity contribution in [3.63, 3.8) is 0 Å². The van der Waals surface area contributed by atoms with Gasteiger partial charge in [0.15, 0.2) is 0 Å². The first-order valence-electron chi connectivity index (χ1n) is 21.9. The smallest absolute Gasteiger partial charge is 0.407 e. The minimum Gasteiger partial charge on any atom is -0.493 e. The number of carbonyl (C=O) groups is 4. The summed E-state index contributed by atoms with van der Waals surface area (Å²) in [7, 11) is -2.36. The molecular formula is C45H63N5O10S. The van der Waals surface area contributed by atoms with Crippen molar-refractivity contribution in [2.75, 3.05) is 33.5 Å². The summed E-state index contributed by atoms with van der Waals surface area (Å²) >= 11 is 0. The SMILES string of the molecule is COCCCOc1ccc2nc(C)c3c(c2c1)CC[C@]1(C[C@H]2C(=O)N[C@]4(C(=O)NS(=O)(=O)C5(C)CC5)CC[C@H]4/C=C\CCCCC[C@H](NC(=O)OCC(C)(C)C)C(=O)N2C1)O3. The molecule has 1 aromatic heterocycles. The topological polar surface area (TPSA) is 192 Å². The van der Waals surface area contributed by atoms with Gasteiger partial charge in [-0.05, 0) is 95.2 Å². The number of nitrogens with zero attached hydrogens (tertiary/aromatic N) is 2. The number of amides is 4. The van der Waals surface area contributed by atoms with Gasteiger partial charge in [-0.15, -0.1) is 0 Å². The molecule has 2 saturated carbocycles. The van der Waals surface area contributed by atoms with E-state index in [-0.39, 0.29) is 31.4 Å². The van der Waals surface area contributed by atoms with Crippen molar-refractivity contribution in [2.24, 2.45) is 11.3 Å². The maximum Gasteiger partial charge on any atom is 0.407 e. The van der Waals surface area contributed by atoms with Crippen LogP contribution in [0.4, 0.5) is 4.79 Å². The van der Waals surface area contributed by atoms with Crippen molar-refractivity contribution in [3.8, 4) is 11.5 Å². The largest absolute Gasteiger partial charge is 0.493 e. The van der Waals surface area contributed by atoms with E-state index in [1.54, 1.807) is 14.0 Å². The lowest BCUT2D eigenvalue weighted by molar-refractivity contribution is -0.144. The molecule has 2 aromatic rings. The van der Waals surface area contributed by atoms with Crippen LogP contribution in [0.15, 0.2) is 30.4 Å². The number of hydrogen-bond acceptors (Lipinski definition) is 11. The highest BCUT2D eigenvalue weighted by Crippen LogP contribution is 2.47. The van der Waals surface area contributed by atoms with Crippen LogP contribution in [-0.2, 0) is 40.3 Å². The molecule has 4 heterocycles. The van der Waals surface area contributed by atoms with Gasteiger partial charge in [-0.1, -0.05) is 45.8 Å². The van der Waals surface area contributed by atoms with E-state index < -0.39 is 67.7 Å². The summed E-state index contributed by atoms with van der Waals surface area (Å²) in [6.45, 7) is 10.6. The van der Waals surface area contributed by atoms with E-state index in [9.17, 15) is 27.6 Å². The van der Waals surface area contributed by atoms with Crippen molar-refractivity contribution in [1.29, 1.82) is 0 Å². The van der Waals surface area contributed by atoms with Gasteiger partial charge in [0.25, 0.3) is 5.91 Å². The predicted molar refractivity (Wildman–Crippen MR) is 229 cm³/mol. The predicted octanol–water partition coefficient (Wildman–Crippen LogP) is 5.55. The molecule has 1 spiro atoms. The molecule has 15 nitrogen and oxygen atoms in total. The Bertz CT molecular complexity index is 2170. The molecule has 1 aromatic carbocycles. The number of aryl methyl sites for hydroxylation is 2. The number of benzene rings is 1. The van der Waals surface area contributed by atoms with Crippen molar-refractivity contribution in [1.82, 2.24) is 25.2 Å². The minimum absolute atomic E-state index is 0.0357. The van der Waals surface area contributed by atoms with Gasteiger partial charge in [-0.25, -0.2) is 18.2 Å². The Morgan fingerprint density at radius 2 is 1.85 bits per heavy atom. The molecule has 16 heteroatoms. The van der Waals surface area contributed by atoms with Crippen LogP contribution in [0.3, 0.4) is 0 Å². The molecule has 1 saturated heterocycles. The molecule has 334 valence electrons. The monoisotopic (exact) mass is 865 g/mol. The number of alkyl carbamates (subject to hydrolysis) is 1. The fraction of sp³-hybridized carbons (Fsp3) is 0.667. The van der Waals surface area contributed by atoms with Crippen molar-refractivity contribution >= 4 is 44.7 Å². The van der Waals surface area contributed by atoms with Gasteiger partial charge in [-0.2, -0.15) is 0 Å². The van der Waals surface area contributed by atoms with Gasteiger partial charge < -0.3 is 34.5 Å². The zero-order chi connectivity index (χ0) is 43.8. The third kappa shape index (κ3) is 9.50. The summed E-state index contributed by atoms with van der Waals surface area (Å²) in [6, 6.07) is 3.69. The van der Waals surface area contributed by atoms with E-state index >= 15 is 0 Å². The Morgan fingerprint density at radius 3 is 2.56 bits per heavy atom. The molecule has 7 rings (SSSR count). The van der Waals surface area contributed by atoms with Gasteiger partial charge >= 0.3 is 6.09 Å². The second-order valence-electron chi connectivity index (χ2n) is 19.2. The van der Waals surface area contributed by atoms with Gasteiger partial charge in [0.1, 0.15) is 34.7 Å². The summed E-state index contributed by atoms with van der Waals surface area (Å²) in [6.07, 6.45) is 9.94. The van der Waals surface area contributed by atoms with Crippen LogP contribution in [-0.4, -0.2) is 104 Å². The lowest BCUT2D eigenvalue weighted by Gasteiger charge is -2.48. The van der Waals surface area contributed by atoms with Gasteiger partial charge in [0, 0.05) is 43.4 Å². The molecule has 4 amide bonds. The van der Waals surface area contributed by atoms with Crippen LogP contribution in [0, 0.1) is 18.3 Å². The second-order valence-corrected chi connectivity index (χ2v) is 21.4. The molecule has 5 aliphatic rings. The van der Waals surface area contributed by atoms with E-state index in [0.717, 1.165) is 35.7 Å². The number of aromatic nitrogens is 1. The summed E-state index contributed by atoms with van der Waals surface area (Å²) in [5, 5.41) is 6.74. The Kier molecular flexibility index (Phi) is 12.7. The molecule has 3 fully saturated rings. The van der Waals surface area contributed by atoms with Crippen LogP contribution in [0.2, 0.25) is 0 Å². The Labute approximate surface area is 359 Å². The average molecular weight is 866 g/mol. The number of ether oxygens (including phenoxy) is 4. The number of fused-ring (bicyclic) bond motifs is 5. The van der Waals surface area contributed by atoms with Gasteiger partial charge in [0.05, 0.1) is 35.7 Å². The van der Waals surface area contributed by atoms with Crippen LogP contribution < -0.4 is 24.8 Å². The van der Waals surface area contributed by atoms with E-state index in [0.29, 0.717) is 81.8 Å². The van der Waals surface area contributed by atoms with Gasteiger partial charge in [0.2, 0.25) is 21.8 Å². The standard InChI is InChI=1S/C45H63N5O10S/c1-29-37-32(33-25-31(15-16-34(33)46-29)58-24-12-23-57-6)18-19-44(60-37)26-36-38(51)48-45(40(53)49-61(55,56)43(5)21-22-43)20-17-30(45)13-10-8-7-9-11-14-35(39(52)50(36)27-44)47-41(54)59-28-42(2,3)4/h10,13,15-16,25,30,35-36H,7-9,11-12,14,17-24,26-28H2,1-6H3,(H,47,54)(H,48,51)(H,49,53)/b13-10-/t30-,35+,36+,44-,45-/m1/s1. The van der Waals surface area contributed by atoms with E-state index in [2.05, 4.69) is 15.4 Å². The van der Waals surface area contributed by atoms with E-state index in [4.69, 9.17) is 23.9 Å². The number of pyridine rings is 1. The maximum absolute atomic E-state index is 14.9.